The van der Waals surface area contributed by atoms with Crippen LogP contribution in [-0.4, -0.2) is 23.5 Å². The van der Waals surface area contributed by atoms with E-state index in [4.69, 9.17) is 5.84 Å². The number of anilines is 1. The lowest BCUT2D eigenvalue weighted by atomic mass is 9.57. The van der Waals surface area contributed by atoms with E-state index in [0.29, 0.717) is 18.5 Å². The van der Waals surface area contributed by atoms with Gasteiger partial charge in [-0.1, -0.05) is 18.2 Å². The Labute approximate surface area is 176 Å². The Hall–Kier alpha value is -2.91. The summed E-state index contributed by atoms with van der Waals surface area (Å²) in [6, 6.07) is 10.6. The van der Waals surface area contributed by atoms with Gasteiger partial charge in [-0.3, -0.25) is 15.0 Å². The molecule has 0 bridgehead atoms. The van der Waals surface area contributed by atoms with Gasteiger partial charge in [0.1, 0.15) is 0 Å². The maximum absolute atomic E-state index is 13.4. The molecular formula is C22H22F3N3O3. The Balaban J connectivity index is 1.67. The van der Waals surface area contributed by atoms with Crippen molar-refractivity contribution in [3.05, 3.63) is 64.7 Å². The minimum Gasteiger partial charge on any atom is -0.396 e. The van der Waals surface area contributed by atoms with E-state index in [0.717, 1.165) is 11.6 Å². The molecule has 0 radical (unpaired) electrons. The van der Waals surface area contributed by atoms with E-state index in [2.05, 4.69) is 5.43 Å². The molecule has 1 aliphatic heterocycles. The predicted octanol–water partition coefficient (Wildman–Crippen LogP) is 2.89. The maximum atomic E-state index is 13.4. The number of hydrazine groups is 1. The number of hydrogen-bond donors (Lipinski definition) is 3. The van der Waals surface area contributed by atoms with Crippen LogP contribution >= 0.6 is 0 Å². The van der Waals surface area contributed by atoms with Crippen LogP contribution in [0.25, 0.3) is 0 Å². The van der Waals surface area contributed by atoms with Gasteiger partial charge in [0.25, 0.3) is 5.91 Å². The normalized spacial score (nSPS) is 22.8. The van der Waals surface area contributed by atoms with Crippen molar-refractivity contribution in [3.8, 4) is 0 Å². The van der Waals surface area contributed by atoms with Crippen LogP contribution in [0, 0.1) is 5.92 Å². The van der Waals surface area contributed by atoms with Crippen molar-refractivity contribution in [1.82, 2.24) is 5.43 Å². The Morgan fingerprint density at radius 3 is 2.58 bits per heavy atom. The average molecular weight is 433 g/mol. The fraction of sp³-hybridized carbons (Fsp3) is 0.364. The highest BCUT2D eigenvalue weighted by Crippen LogP contribution is 2.51. The fourth-order valence-electron chi connectivity index (χ4n) is 4.83. The van der Waals surface area contributed by atoms with Crippen molar-refractivity contribution in [1.29, 1.82) is 0 Å². The molecule has 6 nitrogen and oxygen atoms in total. The monoisotopic (exact) mass is 433 g/mol. The number of aliphatic hydroxyl groups excluding tert-OH is 1. The summed E-state index contributed by atoms with van der Waals surface area (Å²) in [6.45, 7) is -0.172. The minimum atomic E-state index is -4.55. The molecule has 0 atom stereocenters. The van der Waals surface area contributed by atoms with Crippen molar-refractivity contribution in [2.75, 3.05) is 11.5 Å². The largest absolute Gasteiger partial charge is 0.416 e. The van der Waals surface area contributed by atoms with Crippen LogP contribution in [0.2, 0.25) is 0 Å². The molecule has 0 aromatic heterocycles. The number of nitrogens with one attached hydrogen (secondary N) is 1. The number of alkyl halides is 3. The van der Waals surface area contributed by atoms with Gasteiger partial charge < -0.3 is 10.0 Å². The lowest BCUT2D eigenvalue weighted by Crippen LogP contribution is -2.47. The summed E-state index contributed by atoms with van der Waals surface area (Å²) in [5.41, 5.74) is 2.04. The molecule has 2 aromatic rings. The van der Waals surface area contributed by atoms with Gasteiger partial charge in [0.15, 0.2) is 0 Å². The van der Waals surface area contributed by atoms with E-state index in [1.807, 2.05) is 6.07 Å². The second-order valence-electron chi connectivity index (χ2n) is 8.25. The minimum absolute atomic E-state index is 0.00578. The van der Waals surface area contributed by atoms with Crippen molar-refractivity contribution in [2.45, 2.75) is 37.4 Å². The second-order valence-corrected chi connectivity index (χ2v) is 8.25. The molecule has 0 spiro atoms. The third-order valence-corrected chi connectivity index (χ3v) is 6.32. The lowest BCUT2D eigenvalue weighted by Gasteiger charge is -2.47. The summed E-state index contributed by atoms with van der Waals surface area (Å²) in [6.07, 6.45) is -3.27. The van der Waals surface area contributed by atoms with Crippen LogP contribution in [0.1, 0.15) is 46.3 Å². The first-order valence-corrected chi connectivity index (χ1v) is 9.90. The summed E-state index contributed by atoms with van der Waals surface area (Å²) in [5.74, 6) is 4.47. The van der Waals surface area contributed by atoms with Crippen molar-refractivity contribution in [2.24, 2.45) is 11.8 Å². The number of halogens is 3. The quantitative estimate of drug-likeness (QED) is 0.384. The standard InChI is InChI=1S/C22H22F3N3O3/c23-22(24,25)18-6-2-5-16-17(18)11-28(20(16)31)15-4-1-3-14(7-15)21(10-19(30)27-26)8-13(9-21)12-29/h1-7,13,29H,8-12,26H2,(H,27,30). The van der Waals surface area contributed by atoms with Crippen LogP contribution in [0.4, 0.5) is 18.9 Å². The SMILES string of the molecule is NNC(=O)CC1(c2cccc(N3Cc4c(cccc4C(F)(F)F)C3=O)c2)CC(CO)C1. The zero-order chi connectivity index (χ0) is 22.4. The van der Waals surface area contributed by atoms with E-state index < -0.39 is 23.1 Å². The number of carbonyl (C=O) groups is 2. The summed E-state index contributed by atoms with van der Waals surface area (Å²) in [5, 5.41) is 9.44. The van der Waals surface area contributed by atoms with Gasteiger partial charge in [-0.2, -0.15) is 13.2 Å². The van der Waals surface area contributed by atoms with E-state index >= 15 is 0 Å². The van der Waals surface area contributed by atoms with Gasteiger partial charge in [-0.05, 0) is 54.2 Å². The molecule has 2 aliphatic rings. The van der Waals surface area contributed by atoms with E-state index in [1.54, 1.807) is 18.2 Å². The van der Waals surface area contributed by atoms with Crippen molar-refractivity contribution in [3.63, 3.8) is 0 Å². The van der Waals surface area contributed by atoms with Gasteiger partial charge in [-0.15, -0.1) is 0 Å². The maximum Gasteiger partial charge on any atom is 0.416 e. The Kier molecular flexibility index (Phi) is 5.26. The number of rotatable bonds is 5. The van der Waals surface area contributed by atoms with Gasteiger partial charge in [0, 0.05) is 29.7 Å². The summed E-state index contributed by atoms with van der Waals surface area (Å²) < 4.78 is 40.2. The molecule has 1 saturated carbocycles. The smallest absolute Gasteiger partial charge is 0.396 e. The lowest BCUT2D eigenvalue weighted by molar-refractivity contribution is -0.138. The summed E-state index contributed by atoms with van der Waals surface area (Å²) in [4.78, 5) is 26.2. The summed E-state index contributed by atoms with van der Waals surface area (Å²) in [7, 11) is 0. The molecule has 2 amide bonds. The third-order valence-electron chi connectivity index (χ3n) is 6.32. The van der Waals surface area contributed by atoms with Crippen LogP contribution in [0.5, 0.6) is 0 Å². The van der Waals surface area contributed by atoms with Crippen LogP contribution in [0.15, 0.2) is 42.5 Å². The number of aliphatic hydroxyl groups is 1. The van der Waals surface area contributed by atoms with Gasteiger partial charge >= 0.3 is 6.18 Å². The molecule has 2 aromatic carbocycles. The molecule has 4 rings (SSSR count). The molecule has 1 heterocycles. The zero-order valence-electron chi connectivity index (χ0n) is 16.6. The highest BCUT2D eigenvalue weighted by atomic mass is 19.4. The van der Waals surface area contributed by atoms with E-state index in [1.165, 1.54) is 17.0 Å². The number of carbonyl (C=O) groups excluding carboxylic acids is 2. The zero-order valence-corrected chi connectivity index (χ0v) is 16.6. The second kappa shape index (κ2) is 7.65. The molecule has 164 valence electrons. The number of fused-ring (bicyclic) bond motifs is 1. The number of benzene rings is 2. The molecular weight excluding hydrogens is 411 g/mol. The molecule has 1 fully saturated rings. The fourth-order valence-corrected chi connectivity index (χ4v) is 4.83. The first kappa shape index (κ1) is 21.3. The number of nitrogens with zero attached hydrogens (tertiary/aromatic N) is 1. The Morgan fingerprint density at radius 2 is 1.94 bits per heavy atom. The average Bonchev–Trinajstić information content (AvgIpc) is 3.06. The van der Waals surface area contributed by atoms with Crippen LogP contribution in [0.3, 0.4) is 0 Å². The van der Waals surface area contributed by atoms with Crippen molar-refractivity contribution >= 4 is 17.5 Å². The van der Waals surface area contributed by atoms with Gasteiger partial charge in [-0.25, -0.2) is 5.84 Å². The number of amides is 2. The highest BCUT2D eigenvalue weighted by Gasteiger charge is 2.47. The van der Waals surface area contributed by atoms with Crippen molar-refractivity contribution < 1.29 is 27.9 Å². The van der Waals surface area contributed by atoms with Crippen LogP contribution < -0.4 is 16.2 Å². The summed E-state index contributed by atoms with van der Waals surface area (Å²) >= 11 is 0. The molecule has 31 heavy (non-hydrogen) atoms. The van der Waals surface area contributed by atoms with Gasteiger partial charge in [0.2, 0.25) is 5.91 Å². The number of nitrogens with two attached hydrogens (primary N) is 1. The van der Waals surface area contributed by atoms with E-state index in [-0.39, 0.29) is 42.5 Å². The predicted molar refractivity (Wildman–Crippen MR) is 107 cm³/mol. The molecule has 1 aliphatic carbocycles. The highest BCUT2D eigenvalue weighted by molar-refractivity contribution is 6.10. The Bertz CT molecular complexity index is 1030. The van der Waals surface area contributed by atoms with Crippen LogP contribution in [-0.2, 0) is 22.9 Å². The van der Waals surface area contributed by atoms with Gasteiger partial charge in [0.05, 0.1) is 12.1 Å². The first-order valence-electron chi connectivity index (χ1n) is 9.90. The first-order chi connectivity index (χ1) is 14.7. The number of hydrogen-bond acceptors (Lipinski definition) is 4. The Morgan fingerprint density at radius 1 is 1.23 bits per heavy atom. The topological polar surface area (TPSA) is 95.7 Å². The molecule has 4 N–H and O–H groups in total. The molecule has 0 saturated heterocycles. The molecule has 0 unspecified atom stereocenters. The molecule has 9 heteroatoms. The third kappa shape index (κ3) is 3.68. The van der Waals surface area contributed by atoms with E-state index in [9.17, 15) is 27.9 Å².